The lowest BCUT2D eigenvalue weighted by Crippen LogP contribution is -2.11. The quantitative estimate of drug-likeness (QED) is 0.768. The highest BCUT2D eigenvalue weighted by Gasteiger charge is 2.13. The molecule has 0 spiro atoms. The number of primary sulfonamides is 1. The Morgan fingerprint density at radius 2 is 1.91 bits per heavy atom. The second-order valence-electron chi connectivity index (χ2n) is 5.17. The zero-order valence-electron chi connectivity index (χ0n) is 12.6. The number of sulfonamides is 1. The van der Waals surface area contributed by atoms with Crippen molar-refractivity contribution in [2.75, 3.05) is 0 Å². The van der Waals surface area contributed by atoms with Crippen LogP contribution in [0, 0.1) is 13.8 Å². The fraction of sp³-hybridized carbons (Fsp3) is 0.214. The molecule has 23 heavy (non-hydrogen) atoms. The van der Waals surface area contributed by atoms with Crippen LogP contribution in [0.5, 0.6) is 0 Å². The van der Waals surface area contributed by atoms with E-state index in [1.165, 1.54) is 12.1 Å². The van der Waals surface area contributed by atoms with E-state index in [-0.39, 0.29) is 4.90 Å². The van der Waals surface area contributed by atoms with Gasteiger partial charge in [0.15, 0.2) is 0 Å². The second kappa shape index (κ2) is 5.60. The van der Waals surface area contributed by atoms with Crippen LogP contribution >= 0.6 is 0 Å². The van der Waals surface area contributed by atoms with Crippen LogP contribution in [0.3, 0.4) is 0 Å². The third kappa shape index (κ3) is 3.30. The molecule has 0 unspecified atom stereocenters. The first-order chi connectivity index (χ1) is 10.8. The molecule has 120 valence electrons. The van der Waals surface area contributed by atoms with Gasteiger partial charge in [-0.05, 0) is 44.2 Å². The number of benzene rings is 1. The van der Waals surface area contributed by atoms with E-state index in [0.29, 0.717) is 23.8 Å². The van der Waals surface area contributed by atoms with Crippen molar-refractivity contribution in [2.45, 2.75) is 25.3 Å². The molecule has 0 radical (unpaired) electrons. The molecule has 3 aromatic rings. The lowest BCUT2D eigenvalue weighted by atomic mass is 10.2. The number of aromatic nitrogens is 4. The minimum absolute atomic E-state index is 0.0348. The zero-order chi connectivity index (χ0) is 16.6. The Bertz CT molecular complexity index is 941. The fourth-order valence-corrected chi connectivity index (χ4v) is 2.71. The average molecular weight is 333 g/mol. The molecule has 0 fully saturated rings. The van der Waals surface area contributed by atoms with Gasteiger partial charge in [-0.2, -0.15) is 10.1 Å². The van der Waals surface area contributed by atoms with Crippen molar-refractivity contribution in [3.05, 3.63) is 47.6 Å². The molecule has 0 saturated heterocycles. The molecule has 2 heterocycles. The zero-order valence-corrected chi connectivity index (χ0v) is 13.4. The van der Waals surface area contributed by atoms with Gasteiger partial charge in [-0.3, -0.25) is 4.68 Å². The van der Waals surface area contributed by atoms with Gasteiger partial charge in [0, 0.05) is 11.3 Å². The summed E-state index contributed by atoms with van der Waals surface area (Å²) < 4.78 is 29.5. The van der Waals surface area contributed by atoms with Gasteiger partial charge in [0.25, 0.3) is 0 Å². The van der Waals surface area contributed by atoms with Gasteiger partial charge in [0.2, 0.25) is 21.7 Å². The molecular weight excluding hydrogens is 318 g/mol. The van der Waals surface area contributed by atoms with Crippen LogP contribution in [-0.4, -0.2) is 28.3 Å². The normalized spacial score (nSPS) is 11.8. The molecule has 2 N–H and O–H groups in total. The number of nitrogens with zero attached hydrogens (tertiary/aromatic N) is 4. The van der Waals surface area contributed by atoms with Gasteiger partial charge in [-0.15, -0.1) is 0 Å². The number of hydrogen-bond acceptors (Lipinski definition) is 6. The highest BCUT2D eigenvalue weighted by atomic mass is 32.2. The number of rotatable bonds is 4. The molecule has 0 amide bonds. The van der Waals surface area contributed by atoms with Crippen molar-refractivity contribution >= 4 is 10.0 Å². The van der Waals surface area contributed by atoms with E-state index in [0.717, 1.165) is 11.4 Å². The van der Waals surface area contributed by atoms with Crippen LogP contribution in [0.4, 0.5) is 0 Å². The summed E-state index contributed by atoms with van der Waals surface area (Å²) in [6.07, 6.45) is 0. The molecule has 1 aromatic carbocycles. The predicted octanol–water partition coefficient (Wildman–Crippen LogP) is 1.25. The van der Waals surface area contributed by atoms with E-state index in [9.17, 15) is 8.42 Å². The summed E-state index contributed by atoms with van der Waals surface area (Å²) in [4.78, 5) is 4.33. The average Bonchev–Trinajstić information content (AvgIpc) is 3.06. The highest BCUT2D eigenvalue weighted by molar-refractivity contribution is 7.89. The Balaban J connectivity index is 1.83. The fourth-order valence-electron chi connectivity index (χ4n) is 2.19. The highest BCUT2D eigenvalue weighted by Crippen LogP contribution is 2.18. The van der Waals surface area contributed by atoms with Crippen molar-refractivity contribution in [1.82, 2.24) is 19.9 Å². The Morgan fingerprint density at radius 3 is 2.48 bits per heavy atom. The van der Waals surface area contributed by atoms with E-state index >= 15 is 0 Å². The van der Waals surface area contributed by atoms with Crippen LogP contribution in [0.25, 0.3) is 11.4 Å². The SMILES string of the molecule is Cc1cc(C)n(Cc2nc(-c3ccc(S(N)(=O)=O)cc3)no2)n1. The number of aryl methyl sites for hydroxylation is 2. The molecule has 0 atom stereocenters. The van der Waals surface area contributed by atoms with Crippen molar-refractivity contribution in [1.29, 1.82) is 0 Å². The van der Waals surface area contributed by atoms with Gasteiger partial charge in [-0.1, -0.05) is 5.16 Å². The van der Waals surface area contributed by atoms with Crippen molar-refractivity contribution in [3.8, 4) is 11.4 Å². The molecular formula is C14H15N5O3S. The molecule has 0 aliphatic heterocycles. The van der Waals surface area contributed by atoms with Crippen LogP contribution < -0.4 is 5.14 Å². The van der Waals surface area contributed by atoms with Crippen molar-refractivity contribution < 1.29 is 12.9 Å². The maximum Gasteiger partial charge on any atom is 0.248 e. The second-order valence-corrected chi connectivity index (χ2v) is 6.73. The van der Waals surface area contributed by atoms with Gasteiger partial charge >= 0.3 is 0 Å². The third-order valence-electron chi connectivity index (χ3n) is 3.30. The molecule has 9 heteroatoms. The Hall–Kier alpha value is -2.52. The molecule has 8 nitrogen and oxygen atoms in total. The van der Waals surface area contributed by atoms with Gasteiger partial charge in [0.1, 0.15) is 6.54 Å². The lowest BCUT2D eigenvalue weighted by Gasteiger charge is -1.99. The minimum Gasteiger partial charge on any atom is -0.337 e. The first kappa shape index (κ1) is 15.4. The monoisotopic (exact) mass is 333 g/mol. The molecule has 2 aromatic heterocycles. The van der Waals surface area contributed by atoms with Crippen LogP contribution in [0.2, 0.25) is 0 Å². The largest absolute Gasteiger partial charge is 0.337 e. The molecule has 0 bridgehead atoms. The van der Waals surface area contributed by atoms with E-state index in [2.05, 4.69) is 15.2 Å². The van der Waals surface area contributed by atoms with E-state index in [1.807, 2.05) is 19.9 Å². The summed E-state index contributed by atoms with van der Waals surface area (Å²) in [5.74, 6) is 0.796. The first-order valence-electron chi connectivity index (χ1n) is 6.80. The standard InChI is InChI=1S/C14H15N5O3S/c1-9-7-10(2)19(17-9)8-13-16-14(18-22-13)11-3-5-12(6-4-11)23(15,20)21/h3-7H,8H2,1-2H3,(H2,15,20,21). The lowest BCUT2D eigenvalue weighted by molar-refractivity contribution is 0.364. The van der Waals surface area contributed by atoms with Gasteiger partial charge in [-0.25, -0.2) is 13.6 Å². The van der Waals surface area contributed by atoms with Crippen LogP contribution in [0.1, 0.15) is 17.3 Å². The van der Waals surface area contributed by atoms with Crippen LogP contribution in [-0.2, 0) is 16.6 Å². The summed E-state index contributed by atoms with van der Waals surface area (Å²) in [5, 5.41) is 13.3. The number of hydrogen-bond donors (Lipinski definition) is 1. The third-order valence-corrected chi connectivity index (χ3v) is 4.23. The molecule has 0 saturated carbocycles. The van der Waals surface area contributed by atoms with Gasteiger partial charge < -0.3 is 4.52 Å². The van der Waals surface area contributed by atoms with E-state index in [1.54, 1.807) is 16.8 Å². The first-order valence-corrected chi connectivity index (χ1v) is 8.34. The Labute approximate surface area is 133 Å². The van der Waals surface area contributed by atoms with Gasteiger partial charge in [0.05, 0.1) is 10.6 Å². The van der Waals surface area contributed by atoms with E-state index in [4.69, 9.17) is 9.66 Å². The molecule has 0 aliphatic rings. The summed E-state index contributed by atoms with van der Waals surface area (Å²) >= 11 is 0. The molecule has 3 rings (SSSR count). The summed E-state index contributed by atoms with van der Waals surface area (Å²) in [6.45, 7) is 4.24. The minimum atomic E-state index is -3.72. The predicted molar refractivity (Wildman–Crippen MR) is 81.9 cm³/mol. The number of nitrogens with two attached hydrogens (primary N) is 1. The Morgan fingerprint density at radius 1 is 1.22 bits per heavy atom. The molecule has 0 aliphatic carbocycles. The maximum atomic E-state index is 11.2. The van der Waals surface area contributed by atoms with Crippen molar-refractivity contribution in [3.63, 3.8) is 0 Å². The van der Waals surface area contributed by atoms with Crippen LogP contribution in [0.15, 0.2) is 39.8 Å². The summed E-state index contributed by atoms with van der Waals surface area (Å²) in [6, 6.07) is 7.93. The van der Waals surface area contributed by atoms with E-state index < -0.39 is 10.0 Å². The van der Waals surface area contributed by atoms with Crippen molar-refractivity contribution in [2.24, 2.45) is 5.14 Å². The smallest absolute Gasteiger partial charge is 0.248 e. The topological polar surface area (TPSA) is 117 Å². The Kier molecular flexibility index (Phi) is 3.74. The maximum absolute atomic E-state index is 11.2. The summed E-state index contributed by atoms with van der Waals surface area (Å²) in [7, 11) is -3.72. The summed E-state index contributed by atoms with van der Waals surface area (Å²) in [5.41, 5.74) is 2.56.